The predicted octanol–water partition coefficient (Wildman–Crippen LogP) is 2.65. The normalized spacial score (nSPS) is 11.4. The molecule has 0 saturated heterocycles. The van der Waals surface area contributed by atoms with Gasteiger partial charge in [0.25, 0.3) is 5.91 Å². The van der Waals surface area contributed by atoms with Gasteiger partial charge in [0.05, 0.1) is 10.0 Å². The van der Waals surface area contributed by atoms with Gasteiger partial charge in [-0.1, -0.05) is 23.2 Å². The molecular weight excluding hydrogens is 351 g/mol. The third kappa shape index (κ3) is 4.01. The lowest BCUT2D eigenvalue weighted by Crippen LogP contribution is -2.27. The number of halogens is 2. The molecule has 128 valence electrons. The van der Waals surface area contributed by atoms with Crippen LogP contribution in [0.15, 0.2) is 30.1 Å². The number of aromatic hydroxyl groups is 1. The van der Waals surface area contributed by atoms with E-state index in [1.807, 2.05) is 13.2 Å². The first kappa shape index (κ1) is 18.2. The minimum Gasteiger partial charge on any atom is -0.504 e. The summed E-state index contributed by atoms with van der Waals surface area (Å²) in [6, 6.07) is 4.63. The Morgan fingerprint density at radius 3 is 2.71 bits per heavy atom. The molecule has 6 nitrogen and oxygen atoms in total. The number of nitrogens with one attached hydrogen (secondary N) is 3. The zero-order valence-electron chi connectivity index (χ0n) is 13.3. The maximum absolute atomic E-state index is 12.2. The molecule has 1 aromatic heterocycles. The van der Waals surface area contributed by atoms with Gasteiger partial charge in [-0.15, -0.1) is 0 Å². The van der Waals surface area contributed by atoms with Gasteiger partial charge in [-0.3, -0.25) is 4.79 Å². The fraction of sp³-hybridized carbons (Fsp3) is 0.250. The van der Waals surface area contributed by atoms with Gasteiger partial charge in [0.15, 0.2) is 5.75 Å². The molecule has 0 saturated carbocycles. The summed E-state index contributed by atoms with van der Waals surface area (Å²) in [6.45, 7) is 0.440. The largest absolute Gasteiger partial charge is 0.504 e. The number of pyridine rings is 1. The number of rotatable bonds is 6. The molecule has 2 rings (SSSR count). The fourth-order valence-corrected chi connectivity index (χ4v) is 2.69. The minimum atomic E-state index is -0.340. The first-order valence-electron chi connectivity index (χ1n) is 7.28. The molecule has 0 fully saturated rings. The second kappa shape index (κ2) is 8.08. The number of carbonyl (C=O) groups excluding carboxylic acids is 1. The van der Waals surface area contributed by atoms with Crippen LogP contribution >= 0.6 is 23.2 Å². The van der Waals surface area contributed by atoms with E-state index in [2.05, 4.69) is 20.9 Å². The third-order valence-electron chi connectivity index (χ3n) is 3.41. The molecule has 0 aliphatic heterocycles. The van der Waals surface area contributed by atoms with Crippen molar-refractivity contribution in [1.29, 1.82) is 0 Å². The Balaban J connectivity index is 2.16. The van der Waals surface area contributed by atoms with Crippen molar-refractivity contribution < 1.29 is 9.90 Å². The lowest BCUT2D eigenvalue weighted by Gasteiger charge is -2.10. The van der Waals surface area contributed by atoms with E-state index in [9.17, 15) is 9.90 Å². The standard InChI is InChI=1S/C16H18Cl2N4O2/c1-19-8-9(20-2)5-6-21-16(24)13-4-3-10-11(17)7-12(18)15(23)14(10)22-13/h3-4,7-8,19-20,23H,5-6H2,1-2H3,(H,21,24)/b9-8-. The summed E-state index contributed by atoms with van der Waals surface area (Å²) in [5.41, 5.74) is 1.34. The first-order valence-corrected chi connectivity index (χ1v) is 8.03. The highest BCUT2D eigenvalue weighted by Crippen LogP contribution is 2.36. The van der Waals surface area contributed by atoms with Crippen LogP contribution in [0.4, 0.5) is 0 Å². The third-order valence-corrected chi connectivity index (χ3v) is 4.01. The van der Waals surface area contributed by atoms with Crippen molar-refractivity contribution in [1.82, 2.24) is 20.9 Å². The SMILES string of the molecule is CN/C=C(/CCNC(=O)c1ccc2c(Cl)cc(Cl)c(O)c2n1)NC. The quantitative estimate of drug-likeness (QED) is 0.629. The molecule has 2 aromatic rings. The number of phenols is 1. The Hall–Kier alpha value is -2.18. The van der Waals surface area contributed by atoms with Crippen molar-refractivity contribution in [3.63, 3.8) is 0 Å². The van der Waals surface area contributed by atoms with Crippen LogP contribution in [0.5, 0.6) is 5.75 Å². The Kier molecular flexibility index (Phi) is 6.11. The lowest BCUT2D eigenvalue weighted by molar-refractivity contribution is 0.0949. The maximum atomic E-state index is 12.2. The summed E-state index contributed by atoms with van der Waals surface area (Å²) in [4.78, 5) is 16.4. The van der Waals surface area contributed by atoms with E-state index in [-0.39, 0.29) is 27.9 Å². The number of nitrogens with zero attached hydrogens (tertiary/aromatic N) is 1. The average Bonchev–Trinajstić information content (AvgIpc) is 2.58. The van der Waals surface area contributed by atoms with Gasteiger partial charge >= 0.3 is 0 Å². The van der Waals surface area contributed by atoms with Crippen LogP contribution in [0.2, 0.25) is 10.0 Å². The molecule has 0 radical (unpaired) electrons. The molecular formula is C16H18Cl2N4O2. The Labute approximate surface area is 149 Å². The molecule has 0 aliphatic carbocycles. The summed E-state index contributed by atoms with van der Waals surface area (Å²) in [5.74, 6) is -0.535. The van der Waals surface area contributed by atoms with Gasteiger partial charge in [-0.25, -0.2) is 4.98 Å². The summed E-state index contributed by atoms with van der Waals surface area (Å²) < 4.78 is 0. The van der Waals surface area contributed by atoms with Gasteiger partial charge in [0, 0.05) is 44.3 Å². The predicted molar refractivity (Wildman–Crippen MR) is 96.6 cm³/mol. The monoisotopic (exact) mass is 368 g/mol. The van der Waals surface area contributed by atoms with Gasteiger partial charge in [0.2, 0.25) is 0 Å². The summed E-state index contributed by atoms with van der Waals surface area (Å²) >= 11 is 12.0. The maximum Gasteiger partial charge on any atom is 0.269 e. The highest BCUT2D eigenvalue weighted by atomic mass is 35.5. The number of hydrogen-bond acceptors (Lipinski definition) is 5. The minimum absolute atomic E-state index is 0.0911. The lowest BCUT2D eigenvalue weighted by atomic mass is 10.2. The smallest absolute Gasteiger partial charge is 0.269 e. The molecule has 24 heavy (non-hydrogen) atoms. The van der Waals surface area contributed by atoms with Crippen LogP contribution in [0.1, 0.15) is 16.9 Å². The van der Waals surface area contributed by atoms with Crippen molar-refractivity contribution in [2.24, 2.45) is 0 Å². The molecule has 0 unspecified atom stereocenters. The van der Waals surface area contributed by atoms with Gasteiger partial charge in [0.1, 0.15) is 11.2 Å². The van der Waals surface area contributed by atoms with Crippen molar-refractivity contribution in [3.05, 3.63) is 45.8 Å². The van der Waals surface area contributed by atoms with Gasteiger partial charge in [-0.05, 0) is 18.2 Å². The van der Waals surface area contributed by atoms with Crippen LogP contribution in [-0.2, 0) is 0 Å². The second-order valence-corrected chi connectivity index (χ2v) is 5.81. The molecule has 0 aliphatic rings. The van der Waals surface area contributed by atoms with E-state index in [0.29, 0.717) is 23.4 Å². The van der Waals surface area contributed by atoms with Crippen molar-refractivity contribution in [3.8, 4) is 5.75 Å². The van der Waals surface area contributed by atoms with Crippen LogP contribution in [0.25, 0.3) is 10.9 Å². The number of amides is 1. The van der Waals surface area contributed by atoms with E-state index in [0.717, 1.165) is 5.70 Å². The number of fused-ring (bicyclic) bond motifs is 1. The molecule has 1 amide bonds. The Morgan fingerprint density at radius 1 is 1.29 bits per heavy atom. The van der Waals surface area contributed by atoms with E-state index in [1.54, 1.807) is 19.2 Å². The zero-order chi connectivity index (χ0) is 17.7. The highest BCUT2D eigenvalue weighted by Gasteiger charge is 2.14. The van der Waals surface area contributed by atoms with Gasteiger partial charge < -0.3 is 21.1 Å². The van der Waals surface area contributed by atoms with E-state index in [4.69, 9.17) is 23.2 Å². The topological polar surface area (TPSA) is 86.3 Å². The molecule has 4 N–H and O–H groups in total. The van der Waals surface area contributed by atoms with Crippen LogP contribution in [0.3, 0.4) is 0 Å². The first-order chi connectivity index (χ1) is 11.5. The zero-order valence-corrected chi connectivity index (χ0v) is 14.8. The number of carbonyl (C=O) groups is 1. The van der Waals surface area contributed by atoms with E-state index >= 15 is 0 Å². The molecule has 0 spiro atoms. The van der Waals surface area contributed by atoms with Crippen LogP contribution in [-0.4, -0.2) is 36.6 Å². The fourth-order valence-electron chi connectivity index (χ4n) is 2.17. The van der Waals surface area contributed by atoms with Crippen LogP contribution < -0.4 is 16.0 Å². The number of aromatic nitrogens is 1. The van der Waals surface area contributed by atoms with Crippen molar-refractivity contribution >= 4 is 40.0 Å². The second-order valence-electron chi connectivity index (χ2n) is 5.00. The number of benzene rings is 1. The van der Waals surface area contributed by atoms with Gasteiger partial charge in [-0.2, -0.15) is 0 Å². The average molecular weight is 369 g/mol. The molecule has 1 heterocycles. The van der Waals surface area contributed by atoms with E-state index < -0.39 is 0 Å². The Bertz CT molecular complexity index is 793. The number of phenolic OH excluding ortho intramolecular Hbond substituents is 1. The van der Waals surface area contributed by atoms with Crippen LogP contribution in [0, 0.1) is 0 Å². The van der Waals surface area contributed by atoms with Crippen molar-refractivity contribution in [2.75, 3.05) is 20.6 Å². The molecule has 1 aromatic carbocycles. The summed E-state index contributed by atoms with van der Waals surface area (Å²) in [5, 5.41) is 19.7. The highest BCUT2D eigenvalue weighted by molar-refractivity contribution is 6.39. The molecule has 0 bridgehead atoms. The number of hydrogen-bond donors (Lipinski definition) is 4. The van der Waals surface area contributed by atoms with E-state index in [1.165, 1.54) is 6.07 Å². The summed E-state index contributed by atoms with van der Waals surface area (Å²) in [6.07, 6.45) is 2.46. The summed E-state index contributed by atoms with van der Waals surface area (Å²) in [7, 11) is 3.61. The Morgan fingerprint density at radius 2 is 2.04 bits per heavy atom. The molecule has 8 heteroatoms. The van der Waals surface area contributed by atoms with Crippen molar-refractivity contribution in [2.45, 2.75) is 6.42 Å². The molecule has 0 atom stereocenters.